The summed E-state index contributed by atoms with van der Waals surface area (Å²) in [6.45, 7) is 1.00. The molecule has 2 aliphatic carbocycles. The van der Waals surface area contributed by atoms with Crippen molar-refractivity contribution in [2.75, 3.05) is 13.6 Å². The maximum atomic E-state index is 12.5. The first-order valence-corrected chi connectivity index (χ1v) is 11.0. The maximum Gasteiger partial charge on any atom is 0.336 e. The van der Waals surface area contributed by atoms with Crippen LogP contribution in [0.2, 0.25) is 0 Å². The van der Waals surface area contributed by atoms with Crippen LogP contribution >= 0.6 is 0 Å². The Balaban J connectivity index is 0.000000185. The van der Waals surface area contributed by atoms with Gasteiger partial charge >= 0.3 is 17.9 Å². The molecule has 0 radical (unpaired) electrons. The molecule has 34 heavy (non-hydrogen) atoms. The van der Waals surface area contributed by atoms with Crippen molar-refractivity contribution in [3.63, 3.8) is 0 Å². The van der Waals surface area contributed by atoms with Gasteiger partial charge in [-0.2, -0.15) is 0 Å². The van der Waals surface area contributed by atoms with Gasteiger partial charge in [0.25, 0.3) is 0 Å². The highest BCUT2D eigenvalue weighted by Crippen LogP contribution is 2.62. The molecule has 4 atom stereocenters. The molecule has 11 heteroatoms. The van der Waals surface area contributed by atoms with Crippen molar-refractivity contribution in [3.8, 4) is 11.5 Å². The van der Waals surface area contributed by atoms with Crippen LogP contribution in [0.5, 0.6) is 11.5 Å². The number of likely N-dealkylation sites (tertiary alicyclic amines) is 1. The average molecular weight is 477 g/mol. The van der Waals surface area contributed by atoms with E-state index >= 15 is 0 Å². The van der Waals surface area contributed by atoms with Gasteiger partial charge in [-0.15, -0.1) is 0 Å². The van der Waals surface area contributed by atoms with Gasteiger partial charge in [0, 0.05) is 23.4 Å². The molecule has 2 aliphatic heterocycles. The third kappa shape index (κ3) is 3.59. The van der Waals surface area contributed by atoms with Crippen LogP contribution in [0.25, 0.3) is 0 Å². The van der Waals surface area contributed by atoms with E-state index in [4.69, 9.17) is 25.2 Å². The molecule has 4 aliphatic rings. The van der Waals surface area contributed by atoms with E-state index in [0.717, 1.165) is 31.4 Å². The summed E-state index contributed by atoms with van der Waals surface area (Å²) in [5, 5.41) is 44.0. The number of aliphatic hydroxyl groups is 1. The number of carboxylic acid groups (broad SMARTS) is 3. The number of benzene rings is 1. The van der Waals surface area contributed by atoms with Crippen LogP contribution in [-0.2, 0) is 31.0 Å². The fourth-order valence-electron chi connectivity index (χ4n) is 6.23. The molecule has 1 saturated heterocycles. The number of Topliss-reactive ketones (excluding diaryl/α,β-unsaturated/α-hetero) is 1. The first kappa shape index (κ1) is 24.0. The topological polar surface area (TPSA) is 182 Å². The van der Waals surface area contributed by atoms with Gasteiger partial charge in [-0.1, -0.05) is 6.07 Å². The van der Waals surface area contributed by atoms with E-state index in [1.54, 1.807) is 6.07 Å². The predicted molar refractivity (Wildman–Crippen MR) is 114 cm³/mol. The Morgan fingerprint density at radius 3 is 2.41 bits per heavy atom. The smallest absolute Gasteiger partial charge is 0.336 e. The van der Waals surface area contributed by atoms with E-state index in [1.165, 1.54) is 5.56 Å². The van der Waals surface area contributed by atoms with Gasteiger partial charge in [-0.3, -0.25) is 14.4 Å². The standard InChI is InChI=1S/C17H19NO3.C6H8O7/c1-18-7-6-17-10-3-5-13(20)16(17)21-15-12(19)4-2-9(14(15)17)8-11(10)18;7-3(8)1-6(13,5(11)12)2-4(9)10/h2,4,10-11,16,19H,3,5-8H2,1H3;13H,1-2H2,(H,7,8)(H,9,10)(H,11,12)/t10-,11+,16-,17-;/m0./s1. The molecule has 0 unspecified atom stereocenters. The predicted octanol–water partition coefficient (Wildman–Crippen LogP) is 0.382. The Kier molecular flexibility index (Phi) is 5.81. The third-order valence-corrected chi connectivity index (χ3v) is 7.67. The highest BCUT2D eigenvalue weighted by Gasteiger charge is 2.65. The van der Waals surface area contributed by atoms with E-state index in [2.05, 4.69) is 11.9 Å². The van der Waals surface area contributed by atoms with E-state index in [0.29, 0.717) is 24.1 Å². The lowest BCUT2D eigenvalue weighted by molar-refractivity contribution is -0.170. The fraction of sp³-hybridized carbons (Fsp3) is 0.565. The summed E-state index contributed by atoms with van der Waals surface area (Å²) in [4.78, 5) is 45.4. The Bertz CT molecular complexity index is 1050. The van der Waals surface area contributed by atoms with Crippen molar-refractivity contribution in [1.29, 1.82) is 0 Å². The zero-order valence-electron chi connectivity index (χ0n) is 18.6. The van der Waals surface area contributed by atoms with E-state index in [1.807, 2.05) is 6.07 Å². The number of aliphatic carboxylic acids is 3. The second-order valence-electron chi connectivity index (χ2n) is 9.58. The van der Waals surface area contributed by atoms with E-state index in [-0.39, 0.29) is 23.1 Å². The number of carbonyl (C=O) groups is 4. The number of piperidine rings is 1. The molecular weight excluding hydrogens is 450 g/mol. The molecule has 1 aromatic carbocycles. The lowest BCUT2D eigenvalue weighted by Gasteiger charge is -2.57. The molecule has 0 aromatic heterocycles. The van der Waals surface area contributed by atoms with Crippen molar-refractivity contribution >= 4 is 23.7 Å². The van der Waals surface area contributed by atoms with Crippen LogP contribution in [0.15, 0.2) is 12.1 Å². The molecule has 1 spiro atoms. The lowest BCUT2D eigenvalue weighted by Crippen LogP contribution is -2.65. The summed E-state index contributed by atoms with van der Waals surface area (Å²) in [7, 11) is 2.20. The highest BCUT2D eigenvalue weighted by molar-refractivity contribution is 5.89. The van der Waals surface area contributed by atoms with Crippen molar-refractivity contribution in [2.24, 2.45) is 5.92 Å². The molecule has 2 bridgehead atoms. The number of ether oxygens (including phenoxy) is 1. The summed E-state index contributed by atoms with van der Waals surface area (Å²) in [5.41, 5.74) is -0.478. The van der Waals surface area contributed by atoms with E-state index < -0.39 is 36.4 Å². The second kappa shape index (κ2) is 8.24. The minimum absolute atomic E-state index is 0.172. The first-order valence-electron chi connectivity index (χ1n) is 11.0. The summed E-state index contributed by atoms with van der Waals surface area (Å²) in [6, 6.07) is 4.26. The van der Waals surface area contributed by atoms with Crippen LogP contribution in [-0.4, -0.2) is 85.5 Å². The van der Waals surface area contributed by atoms with Gasteiger partial charge < -0.3 is 35.2 Å². The van der Waals surface area contributed by atoms with Gasteiger partial charge in [0.15, 0.2) is 29.0 Å². The Morgan fingerprint density at radius 2 is 1.82 bits per heavy atom. The van der Waals surface area contributed by atoms with E-state index in [9.17, 15) is 24.3 Å². The summed E-state index contributed by atoms with van der Waals surface area (Å²) in [6.07, 6.45) is 0.895. The average Bonchev–Trinajstić information content (AvgIpc) is 3.09. The van der Waals surface area contributed by atoms with Gasteiger partial charge in [0.05, 0.1) is 12.8 Å². The molecule has 1 aromatic rings. The number of aromatic hydroxyl groups is 1. The van der Waals surface area contributed by atoms with Crippen molar-refractivity contribution < 1.29 is 49.4 Å². The number of phenolic OH excluding ortho intramolecular Hbond substituents is 1. The lowest BCUT2D eigenvalue weighted by atomic mass is 9.52. The minimum atomic E-state index is -2.74. The van der Waals surface area contributed by atoms with Crippen LogP contribution < -0.4 is 4.74 Å². The third-order valence-electron chi connectivity index (χ3n) is 7.67. The first-order chi connectivity index (χ1) is 15.9. The molecule has 11 nitrogen and oxygen atoms in total. The van der Waals surface area contributed by atoms with Crippen LogP contribution in [0.3, 0.4) is 0 Å². The largest absolute Gasteiger partial charge is 0.504 e. The molecule has 2 heterocycles. The highest BCUT2D eigenvalue weighted by atomic mass is 16.5. The molecular formula is C23H27NO10. The number of hydrogen-bond acceptors (Lipinski definition) is 8. The second-order valence-corrected chi connectivity index (χ2v) is 9.58. The van der Waals surface area contributed by atoms with Crippen LogP contribution in [0.4, 0.5) is 0 Å². The zero-order chi connectivity index (χ0) is 25.0. The normalized spacial score (nSPS) is 28.8. The van der Waals surface area contributed by atoms with Crippen molar-refractivity contribution in [1.82, 2.24) is 4.90 Å². The number of ketones is 1. The van der Waals surface area contributed by atoms with Gasteiger partial charge in [-0.05, 0) is 50.4 Å². The Hall–Kier alpha value is -3.18. The van der Waals surface area contributed by atoms with Crippen molar-refractivity contribution in [2.45, 2.75) is 61.7 Å². The Labute approximate surface area is 194 Å². The minimum Gasteiger partial charge on any atom is -0.504 e. The van der Waals surface area contributed by atoms with Crippen LogP contribution in [0, 0.1) is 5.92 Å². The summed E-state index contributed by atoms with van der Waals surface area (Å²) < 4.78 is 6.04. The van der Waals surface area contributed by atoms with Gasteiger partial charge in [0.2, 0.25) is 0 Å². The zero-order valence-corrected chi connectivity index (χ0v) is 18.6. The molecule has 2 fully saturated rings. The molecule has 1 saturated carbocycles. The maximum absolute atomic E-state index is 12.5. The monoisotopic (exact) mass is 477 g/mol. The molecule has 5 rings (SSSR count). The number of nitrogens with zero attached hydrogens (tertiary/aromatic N) is 1. The number of carboxylic acids is 3. The quantitative estimate of drug-likeness (QED) is 0.395. The van der Waals surface area contributed by atoms with Crippen LogP contribution in [0.1, 0.15) is 43.2 Å². The number of phenols is 1. The number of likely N-dealkylation sites (N-methyl/N-ethyl adjacent to an activating group) is 1. The SMILES string of the molecule is CN1CC[C@]23c4c5ccc(O)c4O[C@H]2C(=O)CC[C@H]3[C@H]1C5.O=C(O)CC(O)(CC(=O)O)C(=O)O. The molecule has 5 N–H and O–H groups in total. The summed E-state index contributed by atoms with van der Waals surface area (Å²) in [5.74, 6) is -3.52. The van der Waals surface area contributed by atoms with Gasteiger partial charge in [0.1, 0.15) is 0 Å². The number of hydrogen-bond donors (Lipinski definition) is 5. The summed E-state index contributed by atoms with van der Waals surface area (Å²) >= 11 is 0. The van der Waals surface area contributed by atoms with Gasteiger partial charge in [-0.25, -0.2) is 4.79 Å². The van der Waals surface area contributed by atoms with Crippen molar-refractivity contribution in [3.05, 3.63) is 23.3 Å². The fourth-order valence-corrected chi connectivity index (χ4v) is 6.23. The number of rotatable bonds is 5. The number of carbonyl (C=O) groups excluding carboxylic acids is 1. The molecule has 184 valence electrons. The Morgan fingerprint density at radius 1 is 1.18 bits per heavy atom. The molecule has 0 amide bonds.